The summed E-state index contributed by atoms with van der Waals surface area (Å²) in [5.74, 6) is -0.0928. The van der Waals surface area contributed by atoms with Gasteiger partial charge in [-0.1, -0.05) is 0 Å². The summed E-state index contributed by atoms with van der Waals surface area (Å²) in [7, 11) is -9.25. The van der Waals surface area contributed by atoms with Crippen molar-refractivity contribution < 1.29 is 62.2 Å². The van der Waals surface area contributed by atoms with Crippen molar-refractivity contribution in [2.45, 2.75) is 43.2 Å². The Bertz CT molecular complexity index is 989. The fourth-order valence-electron chi connectivity index (χ4n) is 2.59. The van der Waals surface area contributed by atoms with Gasteiger partial charge in [-0.05, 0) is 13.0 Å². The zero-order valence-electron chi connectivity index (χ0n) is 18.0. The van der Waals surface area contributed by atoms with Crippen molar-refractivity contribution in [1.82, 2.24) is 9.55 Å². The third-order valence-corrected chi connectivity index (χ3v) is 7.73. The van der Waals surface area contributed by atoms with E-state index in [-0.39, 0.29) is 5.82 Å². The number of aromatic nitrogens is 2. The Morgan fingerprint density at radius 3 is 2.53 bits per heavy atom. The van der Waals surface area contributed by atoms with E-state index in [2.05, 4.69) is 22.9 Å². The Kier molecular flexibility index (Phi) is 9.51. The first-order valence-corrected chi connectivity index (χ1v) is 12.5. The fraction of sp³-hybridized carbons (Fsp3) is 0.733. The highest BCUT2D eigenvalue weighted by atomic mass is 31.3. The number of anilines is 1. The quantitative estimate of drug-likeness (QED) is 0.136. The predicted molar refractivity (Wildman–Crippen MR) is 110 cm³/mol. The predicted octanol–water partition coefficient (Wildman–Crippen LogP) is -2.55. The van der Waals surface area contributed by atoms with Gasteiger partial charge >= 0.3 is 21.3 Å². The van der Waals surface area contributed by atoms with E-state index in [1.165, 1.54) is 6.07 Å². The number of ether oxygens (including phenoxy) is 1. The molecule has 0 spiro atoms. The van der Waals surface area contributed by atoms with Crippen LogP contribution in [0.2, 0.25) is 0 Å². The molecule has 0 saturated carbocycles. The van der Waals surface area contributed by atoms with Gasteiger partial charge in [0, 0.05) is 13.3 Å². The number of nitrogens with zero attached hydrogens (tertiary/aromatic N) is 2. The summed E-state index contributed by atoms with van der Waals surface area (Å²) in [5.41, 5.74) is 2.45. The maximum absolute atomic E-state index is 12.4. The zero-order chi connectivity index (χ0) is 25.9. The molecule has 0 bridgehead atoms. The Morgan fingerprint density at radius 1 is 1.32 bits per heavy atom. The standard InChI is InChI=1S/C15H27N3O14P2/c1-15(24,7-19)9(20)6-30-34(27,28-2)32-33(25,26)29-5-8-11(21)12(22)13(31-8)18-4-3-10(16)17-14(18)23/h3-4,8-9,11-13,19-22,24H,5-7H2,1-2H3,(H,25,26)(H2,16,17,23)/t8-,9-,11?,12?,13-,15+,34?/m1/s1. The zero-order valence-corrected chi connectivity index (χ0v) is 19.8. The molecule has 1 aliphatic rings. The van der Waals surface area contributed by atoms with E-state index in [0.717, 1.165) is 24.8 Å². The Labute approximate surface area is 192 Å². The first kappa shape index (κ1) is 28.9. The van der Waals surface area contributed by atoms with Crippen molar-refractivity contribution in [2.24, 2.45) is 0 Å². The van der Waals surface area contributed by atoms with Crippen LogP contribution in [0.25, 0.3) is 0 Å². The van der Waals surface area contributed by atoms with E-state index < -0.39 is 77.4 Å². The topological polar surface area (TPSA) is 263 Å². The number of nitrogen functional groups attached to an aromatic ring is 1. The molecule has 0 radical (unpaired) electrons. The van der Waals surface area contributed by atoms with Crippen molar-refractivity contribution >= 4 is 21.5 Å². The lowest BCUT2D eigenvalue weighted by Gasteiger charge is -2.27. The molecule has 1 fully saturated rings. The van der Waals surface area contributed by atoms with Crippen molar-refractivity contribution in [3.8, 4) is 0 Å². The molecule has 17 nitrogen and oxygen atoms in total. The summed E-state index contributed by atoms with van der Waals surface area (Å²) in [5, 5.41) is 48.8. The van der Waals surface area contributed by atoms with Crippen LogP contribution in [0.15, 0.2) is 17.1 Å². The second kappa shape index (κ2) is 11.2. The molecule has 1 aromatic rings. The van der Waals surface area contributed by atoms with Crippen molar-refractivity contribution in [3.63, 3.8) is 0 Å². The third-order valence-electron chi connectivity index (χ3n) is 4.72. The van der Waals surface area contributed by atoms with Gasteiger partial charge in [-0.25, -0.2) is 13.9 Å². The Balaban J connectivity index is 2.01. The van der Waals surface area contributed by atoms with Crippen LogP contribution in [0.1, 0.15) is 13.2 Å². The van der Waals surface area contributed by atoms with Gasteiger partial charge in [0.1, 0.15) is 35.8 Å². The number of hydrogen-bond acceptors (Lipinski definition) is 15. The minimum atomic E-state index is -5.22. The molecule has 196 valence electrons. The molecule has 8 N–H and O–H groups in total. The Hall–Kier alpha value is -1.30. The lowest BCUT2D eigenvalue weighted by molar-refractivity contribution is -0.107. The maximum atomic E-state index is 12.4. The van der Waals surface area contributed by atoms with Gasteiger partial charge in [-0.2, -0.15) is 9.29 Å². The minimum absolute atomic E-state index is 0.0928. The van der Waals surface area contributed by atoms with Gasteiger partial charge < -0.3 is 40.9 Å². The molecule has 19 heteroatoms. The van der Waals surface area contributed by atoms with Gasteiger partial charge in [-0.3, -0.25) is 18.1 Å². The summed E-state index contributed by atoms with van der Waals surface area (Å²) in [6.45, 7) is -1.65. The first-order valence-electron chi connectivity index (χ1n) is 9.51. The number of aliphatic hydroxyl groups excluding tert-OH is 4. The second-order valence-corrected chi connectivity index (χ2v) is 10.8. The molecule has 1 aromatic heterocycles. The third kappa shape index (κ3) is 7.11. The summed E-state index contributed by atoms with van der Waals surface area (Å²) in [6.07, 6.45) is -6.85. The monoisotopic (exact) mass is 535 g/mol. The molecule has 0 aromatic carbocycles. The molecule has 1 saturated heterocycles. The molecule has 8 atom stereocenters. The van der Waals surface area contributed by atoms with Gasteiger partial charge in [0.15, 0.2) is 6.23 Å². The summed E-state index contributed by atoms with van der Waals surface area (Å²) < 4.78 is 49.0. The number of nitrogens with two attached hydrogens (primary N) is 1. The van der Waals surface area contributed by atoms with Gasteiger partial charge in [0.2, 0.25) is 0 Å². The van der Waals surface area contributed by atoms with E-state index in [1.54, 1.807) is 0 Å². The van der Waals surface area contributed by atoms with Gasteiger partial charge in [0.25, 0.3) is 0 Å². The van der Waals surface area contributed by atoms with Crippen LogP contribution in [-0.4, -0.2) is 96.9 Å². The van der Waals surface area contributed by atoms with Crippen LogP contribution >= 0.6 is 15.6 Å². The number of aliphatic hydroxyl groups is 5. The number of hydrogen-bond donors (Lipinski definition) is 7. The summed E-state index contributed by atoms with van der Waals surface area (Å²) in [4.78, 5) is 25.3. The van der Waals surface area contributed by atoms with Crippen molar-refractivity contribution in [1.29, 1.82) is 0 Å². The number of rotatable bonds is 12. The van der Waals surface area contributed by atoms with Gasteiger partial charge in [-0.15, -0.1) is 0 Å². The molecule has 0 aliphatic carbocycles. The number of phosphoric acid groups is 2. The normalized spacial score (nSPS) is 29.2. The van der Waals surface area contributed by atoms with E-state index in [1.807, 2.05) is 0 Å². The van der Waals surface area contributed by atoms with E-state index >= 15 is 0 Å². The molecule has 2 rings (SSSR count). The fourth-order valence-corrected chi connectivity index (χ4v) is 5.01. The van der Waals surface area contributed by atoms with Crippen molar-refractivity contribution in [3.05, 3.63) is 22.7 Å². The summed E-state index contributed by atoms with van der Waals surface area (Å²) in [6, 6.07) is 1.24. The van der Waals surface area contributed by atoms with E-state index in [9.17, 15) is 39.2 Å². The van der Waals surface area contributed by atoms with E-state index in [4.69, 9.17) is 15.6 Å². The molecule has 4 unspecified atom stereocenters. The molecule has 2 heterocycles. The van der Waals surface area contributed by atoms with E-state index in [0.29, 0.717) is 0 Å². The van der Waals surface area contributed by atoms with Crippen LogP contribution in [-0.2, 0) is 31.7 Å². The lowest BCUT2D eigenvalue weighted by atomic mass is 10.0. The highest BCUT2D eigenvalue weighted by Crippen LogP contribution is 2.63. The SMILES string of the molecule is COP(=O)(OC[C@@H](O)[C@@](C)(O)CO)OP(=O)(O)OC[C@H]1O[C@@H](n2ccc(N)nc2=O)C(O)C1O. The Morgan fingerprint density at radius 2 is 1.97 bits per heavy atom. The largest absolute Gasteiger partial charge is 0.483 e. The number of phosphoric ester groups is 2. The summed E-state index contributed by atoms with van der Waals surface area (Å²) >= 11 is 0. The average molecular weight is 535 g/mol. The average Bonchev–Trinajstić information content (AvgIpc) is 3.04. The molecular weight excluding hydrogens is 508 g/mol. The highest BCUT2D eigenvalue weighted by Gasteiger charge is 2.46. The highest BCUT2D eigenvalue weighted by molar-refractivity contribution is 7.61. The molecule has 1 aliphatic heterocycles. The first-order chi connectivity index (χ1) is 15.6. The minimum Gasteiger partial charge on any atom is -0.393 e. The van der Waals surface area contributed by atoms with Crippen LogP contribution in [0, 0.1) is 0 Å². The van der Waals surface area contributed by atoms with Crippen LogP contribution in [0.3, 0.4) is 0 Å². The maximum Gasteiger partial charge on any atom is 0.483 e. The smallest absolute Gasteiger partial charge is 0.393 e. The second-order valence-electron chi connectivity index (χ2n) is 7.39. The van der Waals surface area contributed by atoms with Crippen LogP contribution in [0.4, 0.5) is 5.82 Å². The molecule has 0 amide bonds. The van der Waals surface area contributed by atoms with Gasteiger partial charge in [0.05, 0.1) is 19.8 Å². The van der Waals surface area contributed by atoms with Crippen LogP contribution in [0.5, 0.6) is 0 Å². The molecular formula is C15H27N3O14P2. The lowest BCUT2D eigenvalue weighted by Crippen LogP contribution is -2.45. The van der Waals surface area contributed by atoms with Crippen LogP contribution < -0.4 is 11.4 Å². The molecule has 34 heavy (non-hydrogen) atoms. The van der Waals surface area contributed by atoms with Crippen molar-refractivity contribution in [2.75, 3.05) is 32.7 Å².